The zero-order chi connectivity index (χ0) is 22.1. The SMILES string of the molecule is CCOc1ccc(NC(=O)C(=Cc2ccc(OC(C)=O)c(OC)c2)NC(C)=O)cc1. The van der Waals surface area contributed by atoms with Crippen LogP contribution in [0.25, 0.3) is 6.08 Å². The van der Waals surface area contributed by atoms with Gasteiger partial charge in [0.15, 0.2) is 11.5 Å². The highest BCUT2D eigenvalue weighted by Gasteiger charge is 2.13. The topological polar surface area (TPSA) is 103 Å². The first-order valence-electron chi connectivity index (χ1n) is 9.22. The highest BCUT2D eigenvalue weighted by atomic mass is 16.6. The van der Waals surface area contributed by atoms with Crippen LogP contribution in [0.3, 0.4) is 0 Å². The molecule has 0 fully saturated rings. The second-order valence-corrected chi connectivity index (χ2v) is 6.15. The van der Waals surface area contributed by atoms with Gasteiger partial charge in [-0.25, -0.2) is 0 Å². The molecule has 0 aliphatic rings. The summed E-state index contributed by atoms with van der Waals surface area (Å²) in [5.41, 5.74) is 1.15. The van der Waals surface area contributed by atoms with Gasteiger partial charge in [-0.15, -0.1) is 0 Å². The lowest BCUT2D eigenvalue weighted by atomic mass is 10.1. The van der Waals surface area contributed by atoms with E-state index in [9.17, 15) is 14.4 Å². The fourth-order valence-corrected chi connectivity index (χ4v) is 2.53. The lowest BCUT2D eigenvalue weighted by molar-refractivity contribution is -0.132. The second-order valence-electron chi connectivity index (χ2n) is 6.15. The van der Waals surface area contributed by atoms with Gasteiger partial charge in [-0.3, -0.25) is 14.4 Å². The van der Waals surface area contributed by atoms with Crippen LogP contribution >= 0.6 is 0 Å². The summed E-state index contributed by atoms with van der Waals surface area (Å²) in [5.74, 6) is -0.127. The first-order valence-corrected chi connectivity index (χ1v) is 9.22. The number of carbonyl (C=O) groups is 3. The molecule has 0 heterocycles. The van der Waals surface area contributed by atoms with Crippen molar-refractivity contribution in [2.75, 3.05) is 19.0 Å². The van der Waals surface area contributed by atoms with E-state index in [1.807, 2.05) is 6.92 Å². The molecular formula is C22H24N2O6. The number of methoxy groups -OCH3 is 1. The van der Waals surface area contributed by atoms with Gasteiger partial charge in [0.2, 0.25) is 5.91 Å². The van der Waals surface area contributed by atoms with Crippen molar-refractivity contribution in [1.82, 2.24) is 5.32 Å². The summed E-state index contributed by atoms with van der Waals surface area (Å²) in [6, 6.07) is 11.6. The highest BCUT2D eigenvalue weighted by molar-refractivity contribution is 6.08. The molecule has 0 unspecified atom stereocenters. The van der Waals surface area contributed by atoms with Crippen molar-refractivity contribution in [1.29, 1.82) is 0 Å². The molecule has 158 valence electrons. The van der Waals surface area contributed by atoms with Gasteiger partial charge in [0.1, 0.15) is 11.4 Å². The Hall–Kier alpha value is -3.81. The van der Waals surface area contributed by atoms with Gasteiger partial charge in [-0.05, 0) is 55.0 Å². The molecule has 0 saturated carbocycles. The number of hydrogen-bond donors (Lipinski definition) is 2. The molecule has 0 spiro atoms. The van der Waals surface area contributed by atoms with Crippen LogP contribution in [0, 0.1) is 0 Å². The van der Waals surface area contributed by atoms with Crippen molar-refractivity contribution in [2.45, 2.75) is 20.8 Å². The predicted molar refractivity (Wildman–Crippen MR) is 112 cm³/mol. The predicted octanol–water partition coefficient (Wildman–Crippen LogP) is 3.13. The van der Waals surface area contributed by atoms with Crippen LogP contribution < -0.4 is 24.8 Å². The minimum absolute atomic E-state index is 0.0404. The first-order chi connectivity index (χ1) is 14.3. The summed E-state index contributed by atoms with van der Waals surface area (Å²) in [6.07, 6.45) is 1.49. The Balaban J connectivity index is 2.27. The van der Waals surface area contributed by atoms with E-state index in [2.05, 4.69) is 10.6 Å². The number of hydrogen-bond acceptors (Lipinski definition) is 6. The fourth-order valence-electron chi connectivity index (χ4n) is 2.53. The molecular weight excluding hydrogens is 388 g/mol. The van der Waals surface area contributed by atoms with Crippen molar-refractivity contribution in [3.63, 3.8) is 0 Å². The van der Waals surface area contributed by atoms with Crippen molar-refractivity contribution in [3.05, 3.63) is 53.7 Å². The summed E-state index contributed by atoms with van der Waals surface area (Å²) in [6.45, 7) is 5.02. The molecule has 2 amide bonds. The van der Waals surface area contributed by atoms with E-state index in [-0.39, 0.29) is 11.4 Å². The van der Waals surface area contributed by atoms with Crippen LogP contribution in [0.2, 0.25) is 0 Å². The highest BCUT2D eigenvalue weighted by Crippen LogP contribution is 2.29. The van der Waals surface area contributed by atoms with Gasteiger partial charge < -0.3 is 24.8 Å². The van der Waals surface area contributed by atoms with E-state index >= 15 is 0 Å². The average molecular weight is 412 g/mol. The average Bonchev–Trinajstić information content (AvgIpc) is 2.69. The normalized spacial score (nSPS) is 10.7. The van der Waals surface area contributed by atoms with Crippen LogP contribution in [-0.2, 0) is 14.4 Å². The number of carbonyl (C=O) groups excluding carboxylic acids is 3. The van der Waals surface area contributed by atoms with E-state index in [1.165, 1.54) is 27.0 Å². The molecule has 0 aliphatic heterocycles. The number of benzene rings is 2. The molecule has 8 nitrogen and oxygen atoms in total. The monoisotopic (exact) mass is 412 g/mol. The minimum atomic E-state index is -0.502. The van der Waals surface area contributed by atoms with Gasteiger partial charge in [-0.1, -0.05) is 6.07 Å². The van der Waals surface area contributed by atoms with Gasteiger partial charge in [0, 0.05) is 19.5 Å². The molecule has 0 atom stereocenters. The molecule has 2 rings (SSSR count). The first kappa shape index (κ1) is 22.5. The number of rotatable bonds is 8. The number of nitrogens with one attached hydrogen (secondary N) is 2. The Morgan fingerprint density at radius 3 is 2.27 bits per heavy atom. The third-order valence-corrected chi connectivity index (χ3v) is 3.73. The molecule has 30 heavy (non-hydrogen) atoms. The van der Waals surface area contributed by atoms with E-state index in [1.54, 1.807) is 42.5 Å². The number of ether oxygens (including phenoxy) is 3. The van der Waals surface area contributed by atoms with Crippen LogP contribution in [-0.4, -0.2) is 31.5 Å². The Morgan fingerprint density at radius 2 is 1.70 bits per heavy atom. The van der Waals surface area contributed by atoms with E-state index in [0.29, 0.717) is 29.4 Å². The molecule has 8 heteroatoms. The van der Waals surface area contributed by atoms with Crippen LogP contribution in [0.5, 0.6) is 17.2 Å². The summed E-state index contributed by atoms with van der Waals surface area (Å²) in [5, 5.41) is 5.25. The third-order valence-electron chi connectivity index (χ3n) is 3.73. The Kier molecular flexibility index (Phi) is 7.99. The molecule has 0 radical (unpaired) electrons. The van der Waals surface area contributed by atoms with Crippen LogP contribution in [0.4, 0.5) is 5.69 Å². The Morgan fingerprint density at radius 1 is 1.00 bits per heavy atom. The Labute approximate surface area is 174 Å². The lowest BCUT2D eigenvalue weighted by Gasteiger charge is -2.12. The van der Waals surface area contributed by atoms with Crippen molar-refractivity contribution >= 4 is 29.5 Å². The molecule has 2 N–H and O–H groups in total. The zero-order valence-corrected chi connectivity index (χ0v) is 17.3. The summed E-state index contributed by atoms with van der Waals surface area (Å²) >= 11 is 0. The van der Waals surface area contributed by atoms with Gasteiger partial charge in [0.05, 0.1) is 13.7 Å². The summed E-state index contributed by atoms with van der Waals surface area (Å²) < 4.78 is 15.7. The standard InChI is InChI=1S/C22H24N2O6/c1-5-29-18-9-7-17(8-10-18)24-22(27)19(23-14(2)25)12-16-6-11-20(30-15(3)26)21(13-16)28-4/h6-13H,5H2,1-4H3,(H,23,25)(H,24,27). The number of esters is 1. The maximum atomic E-state index is 12.7. The number of amides is 2. The quantitative estimate of drug-likeness (QED) is 0.392. The van der Waals surface area contributed by atoms with E-state index < -0.39 is 17.8 Å². The molecule has 2 aromatic carbocycles. The Bertz CT molecular complexity index is 951. The maximum absolute atomic E-state index is 12.7. The zero-order valence-electron chi connectivity index (χ0n) is 17.3. The molecule has 0 bridgehead atoms. The summed E-state index contributed by atoms with van der Waals surface area (Å²) in [4.78, 5) is 35.5. The van der Waals surface area contributed by atoms with E-state index in [4.69, 9.17) is 14.2 Å². The second kappa shape index (κ2) is 10.7. The van der Waals surface area contributed by atoms with Gasteiger partial charge in [0.25, 0.3) is 5.91 Å². The molecule has 0 saturated heterocycles. The fraction of sp³-hybridized carbons (Fsp3) is 0.227. The van der Waals surface area contributed by atoms with Crippen molar-refractivity contribution in [2.24, 2.45) is 0 Å². The number of anilines is 1. The van der Waals surface area contributed by atoms with Gasteiger partial charge >= 0.3 is 5.97 Å². The van der Waals surface area contributed by atoms with Crippen LogP contribution in [0.1, 0.15) is 26.3 Å². The smallest absolute Gasteiger partial charge is 0.308 e. The molecule has 2 aromatic rings. The van der Waals surface area contributed by atoms with Gasteiger partial charge in [-0.2, -0.15) is 0 Å². The minimum Gasteiger partial charge on any atom is -0.494 e. The third kappa shape index (κ3) is 6.66. The van der Waals surface area contributed by atoms with E-state index in [0.717, 1.165) is 0 Å². The lowest BCUT2D eigenvalue weighted by Crippen LogP contribution is -2.28. The molecule has 0 aromatic heterocycles. The van der Waals surface area contributed by atoms with Crippen molar-refractivity contribution in [3.8, 4) is 17.2 Å². The molecule has 0 aliphatic carbocycles. The van der Waals surface area contributed by atoms with Crippen molar-refractivity contribution < 1.29 is 28.6 Å². The maximum Gasteiger partial charge on any atom is 0.308 e. The van der Waals surface area contributed by atoms with Crippen LogP contribution in [0.15, 0.2) is 48.2 Å². The largest absolute Gasteiger partial charge is 0.494 e. The summed E-state index contributed by atoms with van der Waals surface area (Å²) in [7, 11) is 1.43.